The van der Waals surface area contributed by atoms with Crippen LogP contribution < -0.4 is 4.52 Å². The number of aromatic nitrogens is 3. The average molecular weight is 462 g/mol. The number of halogens is 5. The van der Waals surface area contributed by atoms with Crippen molar-refractivity contribution in [1.82, 2.24) is 22.9 Å². The molecule has 2 N–H and O–H groups in total. The minimum absolute atomic E-state index is 0.154. The van der Waals surface area contributed by atoms with E-state index < -0.39 is 34.1 Å². The van der Waals surface area contributed by atoms with Gasteiger partial charge in [0.25, 0.3) is 0 Å². The Bertz CT molecular complexity index is 663. The number of hydrogen-bond donors (Lipinski definition) is 2. The van der Waals surface area contributed by atoms with E-state index in [1.165, 1.54) is 24.3 Å². The number of para-hydroxylation sites is 1. The van der Waals surface area contributed by atoms with Gasteiger partial charge in [0, 0.05) is 21.7 Å². The molecule has 0 amide bonds. The molecule has 0 spiro atoms. The van der Waals surface area contributed by atoms with Crippen LogP contribution in [0.4, 0.5) is 21.6 Å². The topological polar surface area (TPSA) is 72.5 Å². The van der Waals surface area contributed by atoms with E-state index in [2.05, 4.69) is 22.6 Å². The highest BCUT2D eigenvalue weighted by molar-refractivity contribution is 7.77. The molecule has 1 aliphatic heterocycles. The fourth-order valence-corrected chi connectivity index (χ4v) is 8.40. The van der Waals surface area contributed by atoms with Crippen molar-refractivity contribution in [2.45, 2.75) is 0 Å². The Balaban J connectivity index is 0.000000292. The van der Waals surface area contributed by atoms with E-state index in [-0.39, 0.29) is 5.75 Å². The van der Waals surface area contributed by atoms with Gasteiger partial charge >= 0.3 is 24.8 Å². The molecule has 5 unspecified atom stereocenters. The van der Waals surface area contributed by atoms with Gasteiger partial charge in [0.1, 0.15) is 14.3 Å². The maximum atomic E-state index is 14.0. The van der Waals surface area contributed by atoms with Crippen LogP contribution in [0.1, 0.15) is 0 Å². The van der Waals surface area contributed by atoms with Crippen LogP contribution in [-0.4, -0.2) is 22.9 Å². The van der Waals surface area contributed by atoms with Crippen LogP contribution in [0.3, 0.4) is 0 Å². The summed E-state index contributed by atoms with van der Waals surface area (Å²) in [4.78, 5) is 0. The lowest BCUT2D eigenvalue weighted by Gasteiger charge is -2.29. The summed E-state index contributed by atoms with van der Waals surface area (Å²) in [5.74, 6) is -0.154. The summed E-state index contributed by atoms with van der Waals surface area (Å²) >= 11 is 0. The molecule has 1 aromatic carbocycles. The van der Waals surface area contributed by atoms with Crippen LogP contribution in [-0.2, 0) is 0 Å². The summed E-state index contributed by atoms with van der Waals surface area (Å²) in [7, 11) is -10.1. The van der Waals surface area contributed by atoms with E-state index in [0.717, 1.165) is 8.51 Å². The summed E-state index contributed by atoms with van der Waals surface area (Å²) in [6.45, 7) is 0. The van der Waals surface area contributed by atoms with Crippen molar-refractivity contribution in [3.05, 3.63) is 30.3 Å². The molecule has 24 heavy (non-hydrogen) atoms. The van der Waals surface area contributed by atoms with Crippen molar-refractivity contribution in [3.8, 4) is 5.75 Å². The van der Waals surface area contributed by atoms with Crippen molar-refractivity contribution in [1.29, 1.82) is 0 Å². The van der Waals surface area contributed by atoms with Gasteiger partial charge in [0.15, 0.2) is 0 Å². The van der Waals surface area contributed by atoms with Gasteiger partial charge in [-0.3, -0.25) is 0 Å². The second kappa shape index (κ2) is 9.62. The molecule has 5 atom stereocenters. The highest BCUT2D eigenvalue weighted by atomic mass is 31.3. The molecule has 134 valence electrons. The largest absolute Gasteiger partial charge is 0.424 e. The molecule has 0 fully saturated rings. The maximum Gasteiger partial charge on any atom is 0.424 e. The number of nitrogens with zero attached hydrogens (tertiary/aromatic N) is 4. The third-order valence-corrected chi connectivity index (χ3v) is 9.81. The molecule has 0 saturated heterocycles. The predicted octanol–water partition coefficient (Wildman–Crippen LogP) is 7.27. The Labute approximate surface area is 140 Å². The fourth-order valence-electron chi connectivity index (χ4n) is 1.19. The molecule has 2 heterocycles. The first kappa shape index (κ1) is 20.3. The zero-order chi connectivity index (χ0) is 17.6. The number of benzene rings is 1. The van der Waals surface area contributed by atoms with Crippen LogP contribution in [0.15, 0.2) is 34.8 Å². The van der Waals surface area contributed by atoms with E-state index in [0.29, 0.717) is 17.0 Å². The van der Waals surface area contributed by atoms with Crippen molar-refractivity contribution in [2.24, 2.45) is 4.52 Å². The first-order valence-corrected chi connectivity index (χ1v) is 12.3. The molecule has 0 bridgehead atoms. The smallest absolute Gasteiger partial charge is 0.422 e. The molecule has 7 nitrogen and oxygen atoms in total. The van der Waals surface area contributed by atoms with Gasteiger partial charge in [-0.15, -0.1) is 17.7 Å². The zero-order valence-electron chi connectivity index (χ0n) is 11.3. The van der Waals surface area contributed by atoms with E-state index in [1.807, 2.05) is 0 Å². The summed E-state index contributed by atoms with van der Waals surface area (Å²) in [6, 6.07) is 6.99. The molecule has 1 aromatic heterocycles. The summed E-state index contributed by atoms with van der Waals surface area (Å²) in [6.07, 6.45) is 0. The van der Waals surface area contributed by atoms with Gasteiger partial charge in [0.2, 0.25) is 0 Å². The Kier molecular flexibility index (Phi) is 8.13. The van der Waals surface area contributed by atoms with Crippen LogP contribution >= 0.6 is 50.3 Å². The second-order valence-electron chi connectivity index (χ2n) is 3.60. The third kappa shape index (κ3) is 5.49. The molecule has 2 aromatic rings. The fraction of sp³-hybridized carbons (Fsp3) is 0. The quantitative estimate of drug-likeness (QED) is 0.280. The number of nitrogens with one attached hydrogen (secondary N) is 2. The first-order valence-electron chi connectivity index (χ1n) is 5.74. The standard InChI is InChI=1S/C6H5F5N3OP3.H4N3P3/c7-13-16(9)12-18(11,14(8)17(13)10)15-6-4-2-1-3-5-6;1-4-2-6-3-5-1/h1-5H;1,4-5H,(H,2,3). The molecule has 18 heteroatoms. The lowest BCUT2D eigenvalue weighted by Crippen LogP contribution is -2.14. The van der Waals surface area contributed by atoms with Crippen LogP contribution in [0.5, 0.6) is 5.75 Å². The monoisotopic (exact) mass is 462 g/mol. The van der Waals surface area contributed by atoms with Gasteiger partial charge in [-0.25, -0.2) is 0 Å². The minimum atomic E-state index is -5.01. The van der Waals surface area contributed by atoms with Crippen molar-refractivity contribution >= 4 is 50.3 Å². The van der Waals surface area contributed by atoms with Crippen molar-refractivity contribution in [3.63, 3.8) is 0 Å². The van der Waals surface area contributed by atoms with E-state index >= 15 is 0 Å². The van der Waals surface area contributed by atoms with E-state index in [9.17, 15) is 21.6 Å². The van der Waals surface area contributed by atoms with Crippen LogP contribution in [0.25, 0.3) is 0 Å². The molecule has 1 aliphatic rings. The Morgan fingerprint density at radius 3 is 2.46 bits per heavy atom. The summed E-state index contributed by atoms with van der Waals surface area (Å²) in [5.41, 5.74) is 0. The molecular formula is C6H9F5N6OP6. The van der Waals surface area contributed by atoms with Crippen molar-refractivity contribution in [2.75, 3.05) is 0 Å². The van der Waals surface area contributed by atoms with E-state index in [1.54, 1.807) is 6.07 Å². The van der Waals surface area contributed by atoms with Crippen molar-refractivity contribution < 1.29 is 26.1 Å². The summed E-state index contributed by atoms with van der Waals surface area (Å²) < 4.78 is 80.8. The molecular weight excluding hydrogens is 453 g/mol. The SMILES string of the molecule is FN1P(F)N=P(F)(Oc2ccccc2)N(F)P1F.n1p[nH][pH][nH][pH]1. The second-order valence-corrected chi connectivity index (χ2v) is 11.8. The van der Waals surface area contributed by atoms with Gasteiger partial charge in [-0.1, -0.05) is 18.2 Å². The molecule has 0 saturated carbocycles. The Morgan fingerprint density at radius 2 is 1.96 bits per heavy atom. The van der Waals surface area contributed by atoms with Crippen LogP contribution in [0, 0.1) is 0 Å². The zero-order valence-corrected chi connectivity index (χ0v) is 16.8. The predicted molar refractivity (Wildman–Crippen MR) is 91.6 cm³/mol. The Morgan fingerprint density at radius 1 is 1.25 bits per heavy atom. The summed E-state index contributed by atoms with van der Waals surface area (Å²) in [5, 5.41) is 0. The molecule has 0 radical (unpaired) electrons. The molecule has 3 rings (SSSR count). The number of aromatic amines is 2. The van der Waals surface area contributed by atoms with Gasteiger partial charge in [0.05, 0.1) is 0 Å². The van der Waals surface area contributed by atoms with Gasteiger partial charge < -0.3 is 13.5 Å². The van der Waals surface area contributed by atoms with Crippen LogP contribution in [0.2, 0.25) is 0 Å². The number of H-pyrrole nitrogens is 2. The normalized spacial score (nSPS) is 28.5. The van der Waals surface area contributed by atoms with E-state index in [4.69, 9.17) is 0 Å². The molecule has 0 aliphatic carbocycles. The number of rotatable bonds is 2. The average Bonchev–Trinajstić information content (AvgIpc) is 2.61. The Hall–Kier alpha value is -0.0200. The first-order chi connectivity index (χ1) is 11.4. The highest BCUT2D eigenvalue weighted by Crippen LogP contribution is 2.79. The minimum Gasteiger partial charge on any atom is -0.422 e. The number of hydrogen-bond acceptors (Lipinski definition) is 5. The van der Waals surface area contributed by atoms with Gasteiger partial charge in [-0.2, -0.15) is 12.9 Å². The third-order valence-electron chi connectivity index (χ3n) is 2.09. The maximum absolute atomic E-state index is 14.0. The van der Waals surface area contributed by atoms with Gasteiger partial charge in [-0.05, 0) is 16.8 Å². The highest BCUT2D eigenvalue weighted by Gasteiger charge is 2.52. The lowest BCUT2D eigenvalue weighted by atomic mass is 10.3. The lowest BCUT2D eigenvalue weighted by molar-refractivity contribution is 0.176.